The molecule has 0 amide bonds. The summed E-state index contributed by atoms with van der Waals surface area (Å²) < 4.78 is 2.56. The highest BCUT2D eigenvalue weighted by Crippen LogP contribution is 2.31. The van der Waals surface area contributed by atoms with Crippen LogP contribution in [0.3, 0.4) is 0 Å². The van der Waals surface area contributed by atoms with E-state index in [2.05, 4.69) is 60.8 Å². The third kappa shape index (κ3) is 5.66. The Morgan fingerprint density at radius 3 is 2.76 bits per heavy atom. The summed E-state index contributed by atoms with van der Waals surface area (Å²) >= 11 is 4.69. The first-order valence-corrected chi connectivity index (χ1v) is 12.1. The van der Waals surface area contributed by atoms with Gasteiger partial charge in [0.05, 0.1) is 16.4 Å². The molecule has 2 aromatic heterocycles. The Hall–Kier alpha value is -3.06. The Bertz CT molecular complexity index is 1280. The van der Waals surface area contributed by atoms with Crippen molar-refractivity contribution >= 4 is 39.2 Å². The molecule has 0 aliphatic carbocycles. The lowest BCUT2D eigenvalue weighted by molar-refractivity contribution is 0.325. The second kappa shape index (κ2) is 10.7. The number of fused-ring (bicyclic) bond motifs is 1. The molecule has 0 saturated heterocycles. The molecule has 2 heterocycles. The van der Waals surface area contributed by atoms with Crippen molar-refractivity contribution in [2.24, 2.45) is 0 Å². The summed E-state index contributed by atoms with van der Waals surface area (Å²) in [7, 11) is 2.10. The van der Waals surface area contributed by atoms with Crippen LogP contribution in [0.4, 0.5) is 5.82 Å². The number of anilines is 1. The van der Waals surface area contributed by atoms with Gasteiger partial charge in [0.15, 0.2) is 5.65 Å². The van der Waals surface area contributed by atoms with Gasteiger partial charge in [-0.05, 0) is 77.5 Å². The first-order chi connectivity index (χ1) is 16.0. The van der Waals surface area contributed by atoms with Gasteiger partial charge in [0.2, 0.25) is 0 Å². The predicted octanol–water partition coefficient (Wildman–Crippen LogP) is 5.37. The lowest BCUT2D eigenvalue weighted by atomic mass is 10.1. The number of aromatic hydroxyl groups is 1. The standard InChI is InChI=1S/C24H23BrN6OS/c1-30(15-17-7-9-18(10-8-17)33-16-26)12-4-11-27-23-13-21(19-5-2-3-6-22(19)32)29-24-20(25)14-28-31(23)24/h2-3,5-10,13-14,27,32H,4,11-12,15H2,1H3. The number of nitriles is 1. The SMILES string of the molecule is CN(CCCNc1cc(-c2ccccc2O)nc2c(Br)cnn12)Cc1ccc(SC#N)cc1. The predicted molar refractivity (Wildman–Crippen MR) is 135 cm³/mol. The molecule has 0 atom stereocenters. The van der Waals surface area contributed by atoms with Crippen molar-refractivity contribution in [1.82, 2.24) is 19.5 Å². The minimum Gasteiger partial charge on any atom is -0.507 e. The second-order valence-electron chi connectivity index (χ2n) is 7.63. The number of hydrogen-bond acceptors (Lipinski definition) is 7. The third-order valence-electron chi connectivity index (χ3n) is 5.17. The Morgan fingerprint density at radius 2 is 2.00 bits per heavy atom. The number of thioether (sulfide) groups is 1. The number of phenolic OH excluding ortho intramolecular Hbond substituents is 1. The maximum absolute atomic E-state index is 10.3. The van der Waals surface area contributed by atoms with Crippen LogP contribution in [0.25, 0.3) is 16.9 Å². The first kappa shape index (κ1) is 23.1. The number of benzene rings is 2. The van der Waals surface area contributed by atoms with E-state index in [4.69, 9.17) is 5.26 Å². The van der Waals surface area contributed by atoms with Crippen LogP contribution < -0.4 is 5.32 Å². The van der Waals surface area contributed by atoms with E-state index >= 15 is 0 Å². The molecule has 2 aromatic carbocycles. The van der Waals surface area contributed by atoms with Gasteiger partial charge in [-0.15, -0.1) is 0 Å². The molecule has 7 nitrogen and oxygen atoms in total. The van der Waals surface area contributed by atoms with Crippen LogP contribution in [0, 0.1) is 10.7 Å². The van der Waals surface area contributed by atoms with Crippen LogP contribution in [-0.2, 0) is 6.54 Å². The molecule has 0 radical (unpaired) electrons. The molecule has 0 spiro atoms. The lowest BCUT2D eigenvalue weighted by Crippen LogP contribution is -2.21. The summed E-state index contributed by atoms with van der Waals surface area (Å²) in [6.07, 6.45) is 2.66. The van der Waals surface area contributed by atoms with Gasteiger partial charge in [-0.2, -0.15) is 14.9 Å². The monoisotopic (exact) mass is 522 g/mol. The van der Waals surface area contributed by atoms with Crippen LogP contribution in [0.15, 0.2) is 70.2 Å². The van der Waals surface area contributed by atoms with E-state index in [1.165, 1.54) is 17.3 Å². The first-order valence-electron chi connectivity index (χ1n) is 10.4. The van der Waals surface area contributed by atoms with Crippen molar-refractivity contribution in [3.05, 3.63) is 70.8 Å². The van der Waals surface area contributed by atoms with Crippen molar-refractivity contribution < 1.29 is 5.11 Å². The zero-order valence-electron chi connectivity index (χ0n) is 18.1. The van der Waals surface area contributed by atoms with Crippen molar-refractivity contribution in [3.63, 3.8) is 0 Å². The number of thiocyanates is 1. The number of nitrogens with one attached hydrogen (secondary N) is 1. The fourth-order valence-electron chi connectivity index (χ4n) is 3.56. The molecule has 0 saturated carbocycles. The van der Waals surface area contributed by atoms with E-state index in [-0.39, 0.29) is 5.75 Å². The largest absolute Gasteiger partial charge is 0.507 e. The molecule has 168 valence electrons. The smallest absolute Gasteiger partial charge is 0.172 e. The number of aromatic nitrogens is 3. The Morgan fingerprint density at radius 1 is 1.21 bits per heavy atom. The summed E-state index contributed by atoms with van der Waals surface area (Å²) in [5.74, 6) is 1.01. The average molecular weight is 523 g/mol. The fraction of sp³-hybridized carbons (Fsp3) is 0.208. The molecule has 0 unspecified atom stereocenters. The lowest BCUT2D eigenvalue weighted by Gasteiger charge is -2.17. The highest BCUT2D eigenvalue weighted by atomic mass is 79.9. The zero-order chi connectivity index (χ0) is 23.2. The highest BCUT2D eigenvalue weighted by molar-refractivity contribution is 9.10. The molecule has 9 heteroatoms. The van der Waals surface area contributed by atoms with Crippen molar-refractivity contribution in [2.45, 2.75) is 17.9 Å². The molecular formula is C24H23BrN6OS. The number of rotatable bonds is 9. The molecule has 0 fully saturated rings. The Labute approximate surface area is 205 Å². The van der Waals surface area contributed by atoms with Crippen molar-refractivity contribution in [2.75, 3.05) is 25.5 Å². The van der Waals surface area contributed by atoms with Gasteiger partial charge in [-0.1, -0.05) is 24.3 Å². The number of para-hydroxylation sites is 1. The van der Waals surface area contributed by atoms with Gasteiger partial charge in [-0.25, -0.2) is 4.98 Å². The second-order valence-corrected chi connectivity index (χ2v) is 9.34. The van der Waals surface area contributed by atoms with Crippen LogP contribution in [-0.4, -0.2) is 44.7 Å². The van der Waals surface area contributed by atoms with Crippen molar-refractivity contribution in [1.29, 1.82) is 5.26 Å². The van der Waals surface area contributed by atoms with Crippen molar-refractivity contribution in [3.8, 4) is 22.4 Å². The van der Waals surface area contributed by atoms with Gasteiger partial charge in [0, 0.05) is 29.6 Å². The molecule has 4 rings (SSSR count). The quantitative estimate of drug-likeness (QED) is 0.173. The van der Waals surface area contributed by atoms with Gasteiger partial charge in [0.1, 0.15) is 17.0 Å². The van der Waals surface area contributed by atoms with E-state index in [1.54, 1.807) is 22.8 Å². The number of phenols is 1. The van der Waals surface area contributed by atoms with E-state index in [0.29, 0.717) is 16.9 Å². The van der Waals surface area contributed by atoms with Gasteiger partial charge < -0.3 is 15.3 Å². The van der Waals surface area contributed by atoms with Crippen LogP contribution in [0.2, 0.25) is 0 Å². The molecule has 0 aliphatic heterocycles. The molecule has 2 N–H and O–H groups in total. The summed E-state index contributed by atoms with van der Waals surface area (Å²) in [5, 5.41) is 29.0. The minimum absolute atomic E-state index is 0.191. The summed E-state index contributed by atoms with van der Waals surface area (Å²) in [6, 6.07) is 17.2. The van der Waals surface area contributed by atoms with Crippen LogP contribution in [0.1, 0.15) is 12.0 Å². The van der Waals surface area contributed by atoms with Gasteiger partial charge >= 0.3 is 0 Å². The summed E-state index contributed by atoms with van der Waals surface area (Å²) in [6.45, 7) is 2.53. The Balaban J connectivity index is 1.39. The maximum Gasteiger partial charge on any atom is 0.172 e. The fourth-order valence-corrected chi connectivity index (χ4v) is 4.29. The molecular weight excluding hydrogens is 500 g/mol. The highest BCUT2D eigenvalue weighted by Gasteiger charge is 2.13. The third-order valence-corrected chi connectivity index (χ3v) is 6.33. The van der Waals surface area contributed by atoms with Gasteiger partial charge in [0.25, 0.3) is 0 Å². The molecule has 0 bridgehead atoms. The Kier molecular flexibility index (Phi) is 7.50. The van der Waals surface area contributed by atoms with E-state index in [1.807, 2.05) is 30.3 Å². The minimum atomic E-state index is 0.191. The van der Waals surface area contributed by atoms with Crippen LogP contribution >= 0.6 is 27.7 Å². The molecule has 4 aromatic rings. The number of nitrogens with zero attached hydrogens (tertiary/aromatic N) is 5. The average Bonchev–Trinajstić information content (AvgIpc) is 3.19. The normalized spacial score (nSPS) is 11.1. The maximum atomic E-state index is 10.3. The zero-order valence-corrected chi connectivity index (χ0v) is 20.5. The summed E-state index contributed by atoms with van der Waals surface area (Å²) in [4.78, 5) is 7.91. The van der Waals surface area contributed by atoms with Crippen LogP contribution in [0.5, 0.6) is 5.75 Å². The number of hydrogen-bond donors (Lipinski definition) is 2. The van der Waals surface area contributed by atoms with Gasteiger partial charge in [-0.3, -0.25) is 0 Å². The number of halogens is 1. The topological polar surface area (TPSA) is 89.5 Å². The van der Waals surface area contributed by atoms with E-state index < -0.39 is 0 Å². The van der Waals surface area contributed by atoms with E-state index in [0.717, 1.165) is 41.2 Å². The summed E-state index contributed by atoms with van der Waals surface area (Å²) in [5.41, 5.74) is 3.26. The molecule has 33 heavy (non-hydrogen) atoms. The molecule has 0 aliphatic rings. The van der Waals surface area contributed by atoms with E-state index in [9.17, 15) is 5.11 Å².